The second-order valence-corrected chi connectivity index (χ2v) is 6.50. The molecule has 0 atom stereocenters. The van der Waals surface area contributed by atoms with E-state index in [0.717, 1.165) is 22.8 Å². The van der Waals surface area contributed by atoms with Gasteiger partial charge in [0.25, 0.3) is 5.91 Å². The second-order valence-electron chi connectivity index (χ2n) is 4.79. The van der Waals surface area contributed by atoms with Gasteiger partial charge in [-0.25, -0.2) is 0 Å². The van der Waals surface area contributed by atoms with Gasteiger partial charge in [-0.15, -0.1) is 0 Å². The summed E-state index contributed by atoms with van der Waals surface area (Å²) in [4.78, 5) is 12.4. The third-order valence-corrected chi connectivity index (χ3v) is 4.52. The van der Waals surface area contributed by atoms with Crippen molar-refractivity contribution >= 4 is 40.3 Å². The predicted octanol–water partition coefficient (Wildman–Crippen LogP) is 3.28. The lowest BCUT2D eigenvalue weighted by atomic mass is 10.2. The minimum Gasteiger partial charge on any atom is -0.497 e. The fourth-order valence-electron chi connectivity index (χ4n) is 2.31. The number of nitrogens with one attached hydrogen (secondary N) is 1. The number of hydrogen-bond acceptors (Lipinski definition) is 4. The molecule has 4 nitrogen and oxygen atoms in total. The van der Waals surface area contributed by atoms with Gasteiger partial charge in [-0.3, -0.25) is 4.79 Å². The van der Waals surface area contributed by atoms with Gasteiger partial charge in [-0.1, -0.05) is 24.0 Å². The van der Waals surface area contributed by atoms with E-state index in [4.69, 9.17) is 17.0 Å². The van der Waals surface area contributed by atoms with Gasteiger partial charge in [0, 0.05) is 17.1 Å². The predicted molar refractivity (Wildman–Crippen MR) is 93.4 cm³/mol. The number of aryl methyl sites for hydroxylation is 1. The number of ether oxygens (including phenoxy) is 1. The maximum absolute atomic E-state index is 11.8. The molecule has 1 amide bonds. The molecule has 0 aliphatic carbocycles. The molecule has 2 aromatic rings. The topological polar surface area (TPSA) is 43.3 Å². The van der Waals surface area contributed by atoms with Crippen LogP contribution in [-0.2, 0) is 4.79 Å². The highest BCUT2D eigenvalue weighted by atomic mass is 32.2. The Bertz CT molecular complexity index is 776. The molecule has 0 spiro atoms. The molecule has 6 heteroatoms. The van der Waals surface area contributed by atoms with Gasteiger partial charge >= 0.3 is 0 Å². The van der Waals surface area contributed by atoms with Crippen LogP contribution in [0.5, 0.6) is 5.75 Å². The third kappa shape index (κ3) is 2.80. The Morgan fingerprint density at radius 1 is 1.23 bits per heavy atom. The molecule has 22 heavy (non-hydrogen) atoms. The molecule has 1 fully saturated rings. The summed E-state index contributed by atoms with van der Waals surface area (Å²) < 4.78 is 7.77. The van der Waals surface area contributed by atoms with Gasteiger partial charge in [-0.05, 0) is 49.4 Å². The standard InChI is InChI=1S/C16H14N2O2S2/c1-10-3-4-12(9-14-15(19)17-16(21)22-14)18(10)11-5-7-13(20-2)8-6-11/h3-9H,1-2H3,(H,17,19,21)/b14-9+. The maximum atomic E-state index is 11.8. The zero-order valence-corrected chi connectivity index (χ0v) is 13.8. The minimum atomic E-state index is -0.143. The van der Waals surface area contributed by atoms with Crippen molar-refractivity contribution < 1.29 is 9.53 Å². The first-order chi connectivity index (χ1) is 10.6. The van der Waals surface area contributed by atoms with E-state index in [-0.39, 0.29) is 5.91 Å². The third-order valence-electron chi connectivity index (χ3n) is 3.36. The molecule has 1 aliphatic heterocycles. The summed E-state index contributed by atoms with van der Waals surface area (Å²) in [5.74, 6) is 0.666. The molecule has 1 aromatic carbocycles. The van der Waals surface area contributed by atoms with Crippen LogP contribution in [0.25, 0.3) is 11.8 Å². The van der Waals surface area contributed by atoms with Crippen molar-refractivity contribution in [2.45, 2.75) is 6.92 Å². The van der Waals surface area contributed by atoms with Crippen LogP contribution < -0.4 is 10.1 Å². The lowest BCUT2D eigenvalue weighted by Crippen LogP contribution is -2.17. The summed E-state index contributed by atoms with van der Waals surface area (Å²) in [5.41, 5.74) is 3.04. The molecule has 0 bridgehead atoms. The molecule has 1 saturated heterocycles. The number of nitrogens with zero attached hydrogens (tertiary/aromatic N) is 1. The number of hydrogen-bond donors (Lipinski definition) is 1. The smallest absolute Gasteiger partial charge is 0.263 e. The van der Waals surface area contributed by atoms with Gasteiger partial charge in [0.05, 0.1) is 12.0 Å². The molecule has 1 aromatic heterocycles. The molecular weight excluding hydrogens is 316 g/mol. The summed E-state index contributed by atoms with van der Waals surface area (Å²) in [6.45, 7) is 2.03. The van der Waals surface area contributed by atoms with Crippen molar-refractivity contribution in [1.82, 2.24) is 9.88 Å². The average Bonchev–Trinajstić information content (AvgIpc) is 3.02. The second kappa shape index (κ2) is 5.98. The number of carbonyl (C=O) groups excluding carboxylic acids is 1. The Labute approximate surface area is 138 Å². The average molecular weight is 330 g/mol. The molecule has 1 aliphatic rings. The van der Waals surface area contributed by atoms with E-state index in [0.29, 0.717) is 9.23 Å². The molecule has 0 unspecified atom stereocenters. The van der Waals surface area contributed by atoms with Crippen LogP contribution in [0.2, 0.25) is 0 Å². The van der Waals surface area contributed by atoms with Crippen LogP contribution in [0.4, 0.5) is 0 Å². The van der Waals surface area contributed by atoms with Crippen molar-refractivity contribution in [3.8, 4) is 11.4 Å². The van der Waals surface area contributed by atoms with Crippen molar-refractivity contribution in [1.29, 1.82) is 0 Å². The normalized spacial score (nSPS) is 16.2. The Kier molecular flexibility index (Phi) is 4.04. The highest BCUT2D eigenvalue weighted by molar-refractivity contribution is 8.26. The van der Waals surface area contributed by atoms with Gasteiger partial charge in [0.15, 0.2) is 0 Å². The van der Waals surface area contributed by atoms with Crippen LogP contribution in [0.15, 0.2) is 41.3 Å². The number of aromatic nitrogens is 1. The Balaban J connectivity index is 2.02. The van der Waals surface area contributed by atoms with E-state index in [1.807, 2.05) is 49.4 Å². The lowest BCUT2D eigenvalue weighted by molar-refractivity contribution is -0.115. The summed E-state index contributed by atoms with van der Waals surface area (Å²) in [6, 6.07) is 11.8. The molecule has 0 radical (unpaired) electrons. The van der Waals surface area contributed by atoms with E-state index in [2.05, 4.69) is 9.88 Å². The van der Waals surface area contributed by atoms with E-state index < -0.39 is 0 Å². The highest BCUT2D eigenvalue weighted by Crippen LogP contribution is 2.28. The van der Waals surface area contributed by atoms with E-state index in [1.54, 1.807) is 7.11 Å². The first-order valence-corrected chi connectivity index (χ1v) is 7.88. The first kappa shape index (κ1) is 14.9. The molecule has 112 valence electrons. The van der Waals surface area contributed by atoms with Crippen LogP contribution in [0, 0.1) is 6.92 Å². The Morgan fingerprint density at radius 3 is 2.55 bits per heavy atom. The zero-order chi connectivity index (χ0) is 15.7. The van der Waals surface area contributed by atoms with Crippen LogP contribution in [0.1, 0.15) is 11.4 Å². The Morgan fingerprint density at radius 2 is 1.95 bits per heavy atom. The zero-order valence-electron chi connectivity index (χ0n) is 12.1. The largest absolute Gasteiger partial charge is 0.497 e. The van der Waals surface area contributed by atoms with Gasteiger partial charge in [-0.2, -0.15) is 0 Å². The molecule has 2 heterocycles. The monoisotopic (exact) mass is 330 g/mol. The molecule has 0 saturated carbocycles. The fourth-order valence-corrected chi connectivity index (χ4v) is 3.34. The fraction of sp³-hybridized carbons (Fsp3) is 0.125. The van der Waals surface area contributed by atoms with Gasteiger partial charge < -0.3 is 14.6 Å². The van der Waals surface area contributed by atoms with Crippen LogP contribution >= 0.6 is 24.0 Å². The summed E-state index contributed by atoms with van der Waals surface area (Å²) in [5, 5.41) is 2.63. The number of amides is 1. The summed E-state index contributed by atoms with van der Waals surface area (Å²) in [6.07, 6.45) is 1.86. The van der Waals surface area contributed by atoms with Crippen molar-refractivity contribution in [2.24, 2.45) is 0 Å². The van der Waals surface area contributed by atoms with E-state index in [9.17, 15) is 4.79 Å². The summed E-state index contributed by atoms with van der Waals surface area (Å²) >= 11 is 6.30. The van der Waals surface area contributed by atoms with Crippen LogP contribution in [-0.4, -0.2) is 21.9 Å². The van der Waals surface area contributed by atoms with Gasteiger partial charge in [0.2, 0.25) is 0 Å². The number of carbonyl (C=O) groups is 1. The van der Waals surface area contributed by atoms with E-state index >= 15 is 0 Å². The SMILES string of the molecule is COc1ccc(-n2c(C)ccc2/C=C2/SC(=S)NC2=O)cc1. The number of thiocarbonyl (C=S) groups is 1. The van der Waals surface area contributed by atoms with E-state index in [1.165, 1.54) is 11.8 Å². The van der Waals surface area contributed by atoms with Gasteiger partial charge in [0.1, 0.15) is 10.1 Å². The quantitative estimate of drug-likeness (QED) is 0.693. The van der Waals surface area contributed by atoms with Crippen LogP contribution in [0.3, 0.4) is 0 Å². The first-order valence-electron chi connectivity index (χ1n) is 6.66. The highest BCUT2D eigenvalue weighted by Gasteiger charge is 2.22. The number of benzene rings is 1. The lowest BCUT2D eigenvalue weighted by Gasteiger charge is -2.10. The van der Waals surface area contributed by atoms with Crippen molar-refractivity contribution in [3.05, 3.63) is 52.7 Å². The number of thioether (sulfide) groups is 1. The van der Waals surface area contributed by atoms with Crippen molar-refractivity contribution in [2.75, 3.05) is 7.11 Å². The molecule has 3 rings (SSSR count). The van der Waals surface area contributed by atoms with Crippen molar-refractivity contribution in [3.63, 3.8) is 0 Å². The Hall–Kier alpha value is -2.05. The maximum Gasteiger partial charge on any atom is 0.263 e. The molecular formula is C16H14N2O2S2. The molecule has 1 N–H and O–H groups in total. The number of methoxy groups -OCH3 is 1. The minimum absolute atomic E-state index is 0.143. The number of rotatable bonds is 3. The summed E-state index contributed by atoms with van der Waals surface area (Å²) in [7, 11) is 1.64.